The largest absolute Gasteiger partial charge is 0.340 e. The van der Waals surface area contributed by atoms with Crippen molar-refractivity contribution >= 4 is 73.3 Å². The maximum absolute atomic E-state index is 14.7. The lowest BCUT2D eigenvalue weighted by molar-refractivity contribution is -0.136. The summed E-state index contributed by atoms with van der Waals surface area (Å²) in [6.45, 7) is 10.9. The molecule has 2 aromatic heterocycles. The van der Waals surface area contributed by atoms with Gasteiger partial charge in [0.05, 0.1) is 0 Å². The Morgan fingerprint density at radius 3 is 1.29 bits per heavy atom. The van der Waals surface area contributed by atoms with E-state index in [2.05, 4.69) is 134 Å². The second-order valence-corrected chi connectivity index (χ2v) is 16.0. The van der Waals surface area contributed by atoms with Crippen LogP contribution in [0, 0.1) is 0 Å². The molecule has 7 nitrogen and oxygen atoms in total. The summed E-state index contributed by atoms with van der Waals surface area (Å²) in [5, 5.41) is 9.61. The molecule has 1 aliphatic carbocycles. The Kier molecular flexibility index (Phi) is 11.5. The van der Waals surface area contributed by atoms with Crippen LogP contribution in [0.5, 0.6) is 0 Å². The first-order valence-electron chi connectivity index (χ1n) is 21.7. The highest BCUT2D eigenvalue weighted by atomic mass is 16.2. The zero-order chi connectivity index (χ0) is 40.3. The Balaban J connectivity index is 1.37. The fourth-order valence-corrected chi connectivity index (χ4v) is 9.20. The quantitative estimate of drug-likeness (QED) is 0.0818. The van der Waals surface area contributed by atoms with Crippen LogP contribution in [-0.2, 0) is 22.7 Å². The van der Waals surface area contributed by atoms with Gasteiger partial charge < -0.3 is 9.13 Å². The predicted octanol–water partition coefficient (Wildman–Crippen LogP) is 10.5. The first-order chi connectivity index (χ1) is 28.4. The normalized spacial score (nSPS) is 17.6. The van der Waals surface area contributed by atoms with Crippen LogP contribution in [0.4, 0.5) is 4.79 Å². The van der Waals surface area contributed by atoms with Crippen molar-refractivity contribution in [1.29, 1.82) is 0 Å². The van der Waals surface area contributed by atoms with Crippen LogP contribution in [0.2, 0.25) is 0 Å². The number of imide groups is 2. The highest BCUT2D eigenvalue weighted by molar-refractivity contribution is 6.30. The highest BCUT2D eigenvalue weighted by Crippen LogP contribution is 2.40. The summed E-state index contributed by atoms with van der Waals surface area (Å²) in [5.74, 6) is -0.953. The minimum Gasteiger partial charge on any atom is -0.340 e. The lowest BCUT2D eigenvalue weighted by atomic mass is 9.95. The van der Waals surface area contributed by atoms with Crippen LogP contribution in [0.25, 0.3) is 55.5 Å². The summed E-state index contributed by atoms with van der Waals surface area (Å²) in [6.07, 6.45) is 17.4. The van der Waals surface area contributed by atoms with Crippen LogP contribution in [0.1, 0.15) is 91.9 Å². The van der Waals surface area contributed by atoms with Gasteiger partial charge in [-0.25, -0.2) is 4.79 Å². The van der Waals surface area contributed by atoms with Crippen LogP contribution in [0.15, 0.2) is 107 Å². The van der Waals surface area contributed by atoms with Crippen molar-refractivity contribution in [1.82, 2.24) is 18.9 Å². The number of benzene rings is 4. The van der Waals surface area contributed by atoms with Crippen molar-refractivity contribution in [2.75, 3.05) is 13.1 Å². The van der Waals surface area contributed by atoms with Gasteiger partial charge in [0, 0.05) is 69.5 Å². The molecule has 1 aliphatic heterocycles. The molecule has 6 aromatic rings. The zero-order valence-electron chi connectivity index (χ0n) is 34.7. The molecule has 2 fully saturated rings. The number of hydrogen-bond donors (Lipinski definition) is 0. The van der Waals surface area contributed by atoms with Crippen molar-refractivity contribution in [3.05, 3.63) is 118 Å². The number of urea groups is 1. The van der Waals surface area contributed by atoms with Crippen molar-refractivity contribution in [3.8, 4) is 0 Å². The third kappa shape index (κ3) is 6.88. The molecule has 1 saturated heterocycles. The SMILES string of the molecule is CCCCN1C(=O)C(=C2/C(=C/C=c3\c4cccc5cccc(c54)n3CCCC)CC/C2=C\C=c2/c3cccc4cccc(c43)n2CCCC)C(=O)N(CCCC)C1=O. The van der Waals surface area contributed by atoms with Crippen molar-refractivity contribution < 1.29 is 14.4 Å². The number of aromatic nitrogens is 2. The Bertz CT molecular complexity index is 2560. The summed E-state index contributed by atoms with van der Waals surface area (Å²) in [4.78, 5) is 45.8. The zero-order valence-corrected chi connectivity index (χ0v) is 34.7. The Morgan fingerprint density at radius 2 is 0.879 bits per heavy atom. The van der Waals surface area contributed by atoms with Gasteiger partial charge in [-0.3, -0.25) is 19.4 Å². The molecule has 0 radical (unpaired) electrons. The highest BCUT2D eigenvalue weighted by Gasteiger charge is 2.44. The lowest BCUT2D eigenvalue weighted by Gasteiger charge is -2.35. The van der Waals surface area contributed by atoms with Crippen molar-refractivity contribution in [2.24, 2.45) is 0 Å². The molecule has 0 bridgehead atoms. The smallest absolute Gasteiger partial charge is 0.333 e. The Labute approximate surface area is 341 Å². The molecule has 298 valence electrons. The number of barbiturate groups is 1. The van der Waals surface area contributed by atoms with E-state index in [1.165, 1.54) is 53.2 Å². The van der Waals surface area contributed by atoms with E-state index in [1.54, 1.807) is 0 Å². The summed E-state index contributed by atoms with van der Waals surface area (Å²) in [6, 6.07) is 25.6. The van der Waals surface area contributed by atoms with Gasteiger partial charge in [0.25, 0.3) is 11.8 Å². The second-order valence-electron chi connectivity index (χ2n) is 16.0. The van der Waals surface area contributed by atoms with Crippen LogP contribution >= 0.6 is 0 Å². The Morgan fingerprint density at radius 1 is 0.483 bits per heavy atom. The average molecular weight is 773 g/mol. The van der Waals surface area contributed by atoms with Gasteiger partial charge in [0.2, 0.25) is 0 Å². The standard InChI is InChI=1S/C51H56N4O3/c1-5-9-31-52-41(39-21-13-17-35-19-15-23-43(52)46(35)39)29-27-37-25-26-38(45(37)48-49(56)54(33-11-7-3)51(58)55(50(48)57)34-12-8-4)28-30-42-40-22-14-18-36-20-16-24-44(47(36)40)53(42)32-10-6-2/h13-24,27-30H,5-12,25-26,31-34H2,1-4H3/b37-27+,38-28+,41-29+,42-30+. The number of unbranched alkanes of at least 4 members (excludes halogenated alkanes) is 4. The van der Waals surface area contributed by atoms with Gasteiger partial charge in [0.15, 0.2) is 0 Å². The third-order valence-electron chi connectivity index (χ3n) is 12.2. The number of allylic oxidation sites excluding steroid dienone is 5. The summed E-state index contributed by atoms with van der Waals surface area (Å²) in [5.41, 5.74) is 5.15. The summed E-state index contributed by atoms with van der Waals surface area (Å²) < 4.78 is 4.86. The van der Waals surface area contributed by atoms with E-state index < -0.39 is 17.8 Å². The third-order valence-corrected chi connectivity index (χ3v) is 12.2. The topological polar surface area (TPSA) is 67.6 Å². The van der Waals surface area contributed by atoms with E-state index in [9.17, 15) is 14.4 Å². The average Bonchev–Trinajstić information content (AvgIpc) is 3.88. The summed E-state index contributed by atoms with van der Waals surface area (Å²) in [7, 11) is 0. The minimum absolute atomic E-state index is 0.123. The first-order valence-corrected chi connectivity index (χ1v) is 21.7. The molecule has 8 rings (SSSR count). The number of hydrogen-bond acceptors (Lipinski definition) is 3. The molecule has 0 atom stereocenters. The molecule has 4 amide bonds. The summed E-state index contributed by atoms with van der Waals surface area (Å²) >= 11 is 0. The maximum Gasteiger partial charge on any atom is 0.333 e. The van der Waals surface area contributed by atoms with Gasteiger partial charge in [-0.1, -0.05) is 126 Å². The molecule has 0 N–H and O–H groups in total. The van der Waals surface area contributed by atoms with Crippen LogP contribution in [0.3, 0.4) is 0 Å². The number of amides is 4. The van der Waals surface area contributed by atoms with E-state index in [0.717, 1.165) is 73.5 Å². The molecule has 58 heavy (non-hydrogen) atoms. The molecule has 0 spiro atoms. The van der Waals surface area contributed by atoms with Crippen molar-refractivity contribution in [2.45, 2.75) is 105 Å². The molecule has 7 heteroatoms. The molecule has 1 saturated carbocycles. The van der Waals surface area contributed by atoms with E-state index in [-0.39, 0.29) is 18.7 Å². The van der Waals surface area contributed by atoms with Crippen LogP contribution < -0.4 is 10.7 Å². The second kappa shape index (κ2) is 17.0. The number of rotatable bonds is 14. The molecular formula is C51H56N4O3. The number of nitrogens with zero attached hydrogens (tertiary/aromatic N) is 4. The van der Waals surface area contributed by atoms with Gasteiger partial charge in [0.1, 0.15) is 5.57 Å². The molecule has 3 heterocycles. The molecule has 4 aromatic carbocycles. The van der Waals surface area contributed by atoms with Gasteiger partial charge in [-0.05, 0) is 90.3 Å². The van der Waals surface area contributed by atoms with E-state index in [4.69, 9.17) is 0 Å². The minimum atomic E-state index is -0.494. The van der Waals surface area contributed by atoms with E-state index >= 15 is 0 Å². The number of carbonyl (C=O) groups is 3. The monoisotopic (exact) mass is 772 g/mol. The number of aryl methyl sites for hydroxylation is 2. The van der Waals surface area contributed by atoms with Gasteiger partial charge in [-0.15, -0.1) is 0 Å². The van der Waals surface area contributed by atoms with Gasteiger partial charge >= 0.3 is 6.03 Å². The molecular weight excluding hydrogens is 717 g/mol. The number of carbonyl (C=O) groups excluding carboxylic acids is 3. The molecule has 2 aliphatic rings. The maximum atomic E-state index is 14.7. The lowest BCUT2D eigenvalue weighted by Crippen LogP contribution is -2.57. The van der Waals surface area contributed by atoms with Gasteiger partial charge in [-0.2, -0.15) is 0 Å². The Hall–Kier alpha value is -5.69. The van der Waals surface area contributed by atoms with E-state index in [0.29, 0.717) is 31.3 Å². The van der Waals surface area contributed by atoms with E-state index in [1.807, 2.05) is 0 Å². The molecule has 0 unspecified atom stereocenters. The van der Waals surface area contributed by atoms with Crippen LogP contribution in [-0.4, -0.2) is 49.9 Å². The fourth-order valence-electron chi connectivity index (χ4n) is 9.20. The fraction of sp³-hybridized carbons (Fsp3) is 0.353. The predicted molar refractivity (Wildman–Crippen MR) is 239 cm³/mol. The van der Waals surface area contributed by atoms with Crippen molar-refractivity contribution in [3.63, 3.8) is 0 Å². The first kappa shape index (κ1) is 39.2.